The van der Waals surface area contributed by atoms with Gasteiger partial charge in [-0.05, 0) is 48.7 Å². The van der Waals surface area contributed by atoms with Gasteiger partial charge in [-0.25, -0.2) is 0 Å². The molecule has 1 fully saturated rings. The number of carbonyl (C=O) groups is 2. The molecule has 2 aromatic carbocycles. The maximum Gasteiger partial charge on any atom is 0.306 e. The number of nitrogens with zero attached hydrogens (tertiary/aromatic N) is 2. The van der Waals surface area contributed by atoms with Crippen molar-refractivity contribution in [1.29, 1.82) is 0 Å². The summed E-state index contributed by atoms with van der Waals surface area (Å²) in [4.78, 5) is 28.5. The van der Waals surface area contributed by atoms with Crippen molar-refractivity contribution in [2.75, 3.05) is 50.1 Å². The zero-order chi connectivity index (χ0) is 22.3. The Labute approximate surface area is 201 Å². The van der Waals surface area contributed by atoms with E-state index in [9.17, 15) is 9.59 Å². The molecule has 0 atom stereocenters. The van der Waals surface area contributed by atoms with Crippen LogP contribution >= 0.6 is 12.4 Å². The molecule has 4 rings (SSSR count). The summed E-state index contributed by atoms with van der Waals surface area (Å²) in [6, 6.07) is 14.0. The molecule has 0 aliphatic carbocycles. The van der Waals surface area contributed by atoms with Gasteiger partial charge in [0.05, 0.1) is 12.8 Å². The molecule has 2 aliphatic rings. The second-order valence-corrected chi connectivity index (χ2v) is 8.30. The van der Waals surface area contributed by atoms with Gasteiger partial charge in [0.2, 0.25) is 5.91 Å². The highest BCUT2D eigenvalue weighted by molar-refractivity contribution is 5.94. The predicted octanol–water partition coefficient (Wildman–Crippen LogP) is 3.65. The van der Waals surface area contributed by atoms with Gasteiger partial charge in [-0.3, -0.25) is 14.5 Å². The van der Waals surface area contributed by atoms with Gasteiger partial charge in [0.25, 0.3) is 0 Å². The first-order valence-electron chi connectivity index (χ1n) is 11.3. The lowest BCUT2D eigenvalue weighted by Gasteiger charge is -2.36. The van der Waals surface area contributed by atoms with E-state index in [-0.39, 0.29) is 30.9 Å². The number of carbonyl (C=O) groups excluding carboxylic acids is 2. The number of benzene rings is 2. The van der Waals surface area contributed by atoms with Crippen LogP contribution in [0.25, 0.3) is 0 Å². The van der Waals surface area contributed by atoms with Gasteiger partial charge >= 0.3 is 5.97 Å². The zero-order valence-electron chi connectivity index (χ0n) is 19.0. The fourth-order valence-corrected chi connectivity index (χ4v) is 4.30. The summed E-state index contributed by atoms with van der Waals surface area (Å²) in [6.07, 6.45) is 2.48. The van der Waals surface area contributed by atoms with E-state index in [4.69, 9.17) is 9.47 Å². The van der Waals surface area contributed by atoms with Gasteiger partial charge in [0.15, 0.2) is 0 Å². The number of esters is 1. The standard InChI is InChI=1S/C25H31N3O4.ClH/c1-31-23-6-3-2-5-22(23)28-15-13-27(14-16-28)12-4-7-25(30)32-18-19-8-9-20-10-11-24(29)26-21(20)17-19;/h2-3,5-6,8-9,17H,4,7,10-16,18H2,1H3,(H,26,29);1H. The van der Waals surface area contributed by atoms with Gasteiger partial charge in [-0.2, -0.15) is 0 Å². The number of fused-ring (bicyclic) bond motifs is 1. The second-order valence-electron chi connectivity index (χ2n) is 8.30. The van der Waals surface area contributed by atoms with Gasteiger partial charge in [-0.15, -0.1) is 12.4 Å². The first kappa shape index (κ1) is 24.9. The van der Waals surface area contributed by atoms with Crippen molar-refractivity contribution < 1.29 is 19.1 Å². The lowest BCUT2D eigenvalue weighted by atomic mass is 10.0. The Morgan fingerprint density at radius 2 is 1.85 bits per heavy atom. The summed E-state index contributed by atoms with van der Waals surface area (Å²) < 4.78 is 10.9. The summed E-state index contributed by atoms with van der Waals surface area (Å²) >= 11 is 0. The number of halogens is 1. The van der Waals surface area contributed by atoms with E-state index in [1.165, 1.54) is 0 Å². The molecule has 178 valence electrons. The van der Waals surface area contributed by atoms with Crippen LogP contribution in [0.3, 0.4) is 0 Å². The van der Waals surface area contributed by atoms with E-state index in [2.05, 4.69) is 21.2 Å². The molecule has 8 heteroatoms. The first-order chi connectivity index (χ1) is 15.6. The van der Waals surface area contributed by atoms with E-state index in [0.29, 0.717) is 12.8 Å². The number of hydrogen-bond acceptors (Lipinski definition) is 6. The number of piperazine rings is 1. The van der Waals surface area contributed by atoms with Crippen molar-refractivity contribution in [2.45, 2.75) is 32.3 Å². The van der Waals surface area contributed by atoms with Crippen molar-refractivity contribution in [2.24, 2.45) is 0 Å². The van der Waals surface area contributed by atoms with Gasteiger partial charge in [-0.1, -0.05) is 24.3 Å². The molecule has 0 aromatic heterocycles. The average molecular weight is 474 g/mol. The van der Waals surface area contributed by atoms with Crippen molar-refractivity contribution in [3.05, 3.63) is 53.6 Å². The van der Waals surface area contributed by atoms with E-state index in [1.54, 1.807) is 7.11 Å². The molecule has 1 amide bonds. The van der Waals surface area contributed by atoms with Crippen LogP contribution in [0.15, 0.2) is 42.5 Å². The zero-order valence-corrected chi connectivity index (χ0v) is 19.9. The summed E-state index contributed by atoms with van der Waals surface area (Å²) in [5.41, 5.74) is 4.00. The predicted molar refractivity (Wildman–Crippen MR) is 131 cm³/mol. The highest BCUT2D eigenvalue weighted by atomic mass is 35.5. The molecule has 0 bridgehead atoms. The Kier molecular flexibility index (Phi) is 8.97. The van der Waals surface area contributed by atoms with Gasteiger partial charge in [0, 0.05) is 44.7 Å². The van der Waals surface area contributed by atoms with E-state index in [1.807, 2.05) is 36.4 Å². The lowest BCUT2D eigenvalue weighted by Crippen LogP contribution is -2.46. The van der Waals surface area contributed by atoms with Crippen LogP contribution in [0, 0.1) is 0 Å². The number of methoxy groups -OCH3 is 1. The fraction of sp³-hybridized carbons (Fsp3) is 0.440. The molecule has 1 N–H and O–H groups in total. The molecule has 2 aliphatic heterocycles. The average Bonchev–Trinajstić information content (AvgIpc) is 2.83. The van der Waals surface area contributed by atoms with Crippen LogP contribution in [-0.4, -0.2) is 56.6 Å². The topological polar surface area (TPSA) is 71.1 Å². The van der Waals surface area contributed by atoms with Crippen LogP contribution in [0.1, 0.15) is 30.4 Å². The Bertz CT molecular complexity index is 960. The molecule has 0 saturated carbocycles. The van der Waals surface area contributed by atoms with Crippen molar-refractivity contribution >= 4 is 35.7 Å². The molecule has 33 heavy (non-hydrogen) atoms. The van der Waals surface area contributed by atoms with Crippen molar-refractivity contribution in [3.63, 3.8) is 0 Å². The molecular weight excluding hydrogens is 442 g/mol. The monoisotopic (exact) mass is 473 g/mol. The maximum absolute atomic E-state index is 12.2. The minimum absolute atomic E-state index is 0. The molecule has 2 heterocycles. The minimum atomic E-state index is -0.181. The van der Waals surface area contributed by atoms with E-state index >= 15 is 0 Å². The van der Waals surface area contributed by atoms with Crippen LogP contribution in [0.4, 0.5) is 11.4 Å². The first-order valence-corrected chi connectivity index (χ1v) is 11.3. The highest BCUT2D eigenvalue weighted by Crippen LogP contribution is 2.28. The third kappa shape index (κ3) is 6.62. The molecule has 0 unspecified atom stereocenters. The summed E-state index contributed by atoms with van der Waals surface area (Å²) in [6.45, 7) is 4.95. The fourth-order valence-electron chi connectivity index (χ4n) is 4.30. The van der Waals surface area contributed by atoms with Crippen molar-refractivity contribution in [1.82, 2.24) is 4.90 Å². The molecule has 7 nitrogen and oxygen atoms in total. The Morgan fingerprint density at radius 3 is 2.64 bits per heavy atom. The molecular formula is C25H32ClN3O4. The SMILES string of the molecule is COc1ccccc1N1CCN(CCCC(=O)OCc2ccc3c(c2)NC(=O)CC3)CC1.Cl. The van der Waals surface area contributed by atoms with Crippen LogP contribution < -0.4 is 15.0 Å². The van der Waals surface area contributed by atoms with Crippen LogP contribution in [-0.2, 0) is 27.4 Å². The second kappa shape index (κ2) is 11.9. The third-order valence-corrected chi connectivity index (χ3v) is 6.12. The lowest BCUT2D eigenvalue weighted by molar-refractivity contribution is -0.145. The number of ether oxygens (including phenoxy) is 2. The Hall–Kier alpha value is -2.77. The number of aryl methyl sites for hydroxylation is 1. The van der Waals surface area contributed by atoms with Gasteiger partial charge in [0.1, 0.15) is 12.4 Å². The molecule has 1 saturated heterocycles. The van der Waals surface area contributed by atoms with E-state index < -0.39 is 0 Å². The quantitative estimate of drug-likeness (QED) is 0.590. The summed E-state index contributed by atoms with van der Waals surface area (Å²) in [5, 5.41) is 2.88. The Morgan fingerprint density at radius 1 is 1.06 bits per heavy atom. The highest BCUT2D eigenvalue weighted by Gasteiger charge is 2.20. The number of para-hydroxylation sites is 2. The Balaban J connectivity index is 0.00000306. The van der Waals surface area contributed by atoms with Crippen LogP contribution in [0.2, 0.25) is 0 Å². The molecule has 0 radical (unpaired) electrons. The minimum Gasteiger partial charge on any atom is -0.495 e. The van der Waals surface area contributed by atoms with Crippen LogP contribution in [0.5, 0.6) is 5.75 Å². The smallest absolute Gasteiger partial charge is 0.306 e. The van der Waals surface area contributed by atoms with Crippen molar-refractivity contribution in [3.8, 4) is 5.75 Å². The number of nitrogens with one attached hydrogen (secondary N) is 1. The maximum atomic E-state index is 12.2. The molecule has 2 aromatic rings. The normalized spacial score (nSPS) is 15.8. The third-order valence-electron chi connectivity index (χ3n) is 6.12. The number of hydrogen-bond donors (Lipinski definition) is 1. The van der Waals surface area contributed by atoms with E-state index in [0.717, 1.165) is 73.8 Å². The number of amides is 1. The number of rotatable bonds is 8. The van der Waals surface area contributed by atoms with Gasteiger partial charge < -0.3 is 19.7 Å². The largest absolute Gasteiger partial charge is 0.495 e. The number of anilines is 2. The summed E-state index contributed by atoms with van der Waals surface area (Å²) in [5.74, 6) is 0.764. The summed E-state index contributed by atoms with van der Waals surface area (Å²) in [7, 11) is 1.71. The molecule has 0 spiro atoms.